The molecule has 0 saturated carbocycles. The lowest BCUT2D eigenvalue weighted by molar-refractivity contribution is -0.00626. The maximum absolute atomic E-state index is 13.5. The van der Waals surface area contributed by atoms with Crippen LogP contribution >= 0.6 is 15.9 Å². The Morgan fingerprint density at radius 1 is 1.33 bits per heavy atom. The zero-order valence-corrected chi connectivity index (χ0v) is 11.7. The van der Waals surface area contributed by atoms with Gasteiger partial charge in [0.15, 0.2) is 0 Å². The molecule has 2 aliphatic rings. The third-order valence-electron chi connectivity index (χ3n) is 4.14. The van der Waals surface area contributed by atoms with Gasteiger partial charge in [-0.2, -0.15) is 0 Å². The average molecular weight is 314 g/mol. The van der Waals surface area contributed by atoms with E-state index in [2.05, 4.69) is 21.2 Å². The average Bonchev–Trinajstić information content (AvgIpc) is 2.65. The van der Waals surface area contributed by atoms with Crippen LogP contribution in [-0.2, 0) is 6.42 Å². The van der Waals surface area contributed by atoms with Gasteiger partial charge in [-0.25, -0.2) is 4.39 Å². The first-order valence-electron chi connectivity index (χ1n) is 6.47. The SMILES string of the molecule is OC1(Cc2cccc(F)c2Br)CC2CCC(C1)N2. The van der Waals surface area contributed by atoms with Gasteiger partial charge in [0.1, 0.15) is 5.82 Å². The van der Waals surface area contributed by atoms with Crippen LogP contribution in [-0.4, -0.2) is 22.8 Å². The van der Waals surface area contributed by atoms with Crippen molar-refractivity contribution in [2.24, 2.45) is 0 Å². The molecule has 0 radical (unpaired) electrons. The highest BCUT2D eigenvalue weighted by atomic mass is 79.9. The molecule has 2 unspecified atom stereocenters. The Labute approximate surface area is 115 Å². The van der Waals surface area contributed by atoms with Crippen LogP contribution in [0.25, 0.3) is 0 Å². The van der Waals surface area contributed by atoms with Crippen molar-refractivity contribution < 1.29 is 9.50 Å². The molecule has 2 bridgehead atoms. The molecule has 0 spiro atoms. The van der Waals surface area contributed by atoms with Crippen LogP contribution in [0.3, 0.4) is 0 Å². The molecule has 2 fully saturated rings. The summed E-state index contributed by atoms with van der Waals surface area (Å²) in [5.74, 6) is -0.256. The third kappa shape index (κ3) is 2.33. The number of piperidine rings is 1. The maximum atomic E-state index is 13.5. The number of hydrogen-bond donors (Lipinski definition) is 2. The van der Waals surface area contributed by atoms with Gasteiger partial charge in [-0.3, -0.25) is 0 Å². The molecule has 1 aromatic carbocycles. The monoisotopic (exact) mass is 313 g/mol. The minimum absolute atomic E-state index is 0.256. The van der Waals surface area contributed by atoms with Crippen LogP contribution in [0.15, 0.2) is 22.7 Å². The molecule has 2 nitrogen and oxygen atoms in total. The van der Waals surface area contributed by atoms with E-state index in [4.69, 9.17) is 0 Å². The maximum Gasteiger partial charge on any atom is 0.137 e. The molecule has 0 amide bonds. The molecule has 18 heavy (non-hydrogen) atoms. The van der Waals surface area contributed by atoms with Gasteiger partial charge in [0, 0.05) is 18.5 Å². The number of rotatable bonds is 2. The summed E-state index contributed by atoms with van der Waals surface area (Å²) in [6.45, 7) is 0. The smallest absolute Gasteiger partial charge is 0.137 e. The summed E-state index contributed by atoms with van der Waals surface area (Å²) in [5.41, 5.74) is 0.173. The molecule has 2 atom stereocenters. The molecule has 98 valence electrons. The number of aliphatic hydroxyl groups is 1. The predicted octanol–water partition coefficient (Wildman–Crippen LogP) is 2.78. The van der Waals surface area contributed by atoms with Crippen molar-refractivity contribution in [1.82, 2.24) is 5.32 Å². The first-order valence-corrected chi connectivity index (χ1v) is 7.26. The largest absolute Gasteiger partial charge is 0.389 e. The molecule has 2 aliphatic heterocycles. The van der Waals surface area contributed by atoms with Crippen molar-refractivity contribution in [2.75, 3.05) is 0 Å². The number of nitrogens with one attached hydrogen (secondary N) is 1. The fourth-order valence-electron chi connectivity index (χ4n) is 3.41. The molecular weight excluding hydrogens is 297 g/mol. The van der Waals surface area contributed by atoms with E-state index < -0.39 is 5.60 Å². The standard InChI is InChI=1S/C14H17BrFNO/c15-13-9(2-1-3-12(13)16)6-14(18)7-10-4-5-11(8-14)17-10/h1-3,10-11,17-18H,4-8H2. The zero-order valence-electron chi connectivity index (χ0n) is 10.1. The third-order valence-corrected chi connectivity index (χ3v) is 5.03. The minimum atomic E-state index is -0.687. The van der Waals surface area contributed by atoms with E-state index in [1.807, 2.05) is 6.07 Å². The predicted molar refractivity (Wildman–Crippen MR) is 71.9 cm³/mol. The summed E-state index contributed by atoms with van der Waals surface area (Å²) in [7, 11) is 0. The van der Waals surface area contributed by atoms with Crippen molar-refractivity contribution in [2.45, 2.75) is 49.8 Å². The van der Waals surface area contributed by atoms with Crippen LogP contribution in [0.2, 0.25) is 0 Å². The minimum Gasteiger partial charge on any atom is -0.389 e. The lowest BCUT2D eigenvalue weighted by Gasteiger charge is -2.37. The Kier molecular flexibility index (Phi) is 3.20. The molecule has 1 aromatic rings. The van der Waals surface area contributed by atoms with Crippen molar-refractivity contribution in [1.29, 1.82) is 0 Å². The van der Waals surface area contributed by atoms with Gasteiger partial charge in [-0.05, 0) is 53.2 Å². The summed E-state index contributed by atoms with van der Waals surface area (Å²) in [4.78, 5) is 0. The Bertz CT molecular complexity index is 453. The van der Waals surface area contributed by atoms with Gasteiger partial charge in [0.25, 0.3) is 0 Å². The normalized spacial score (nSPS) is 34.8. The van der Waals surface area contributed by atoms with Gasteiger partial charge in [-0.15, -0.1) is 0 Å². The fraction of sp³-hybridized carbons (Fsp3) is 0.571. The van der Waals surface area contributed by atoms with Crippen LogP contribution in [0.1, 0.15) is 31.2 Å². The lowest BCUT2D eigenvalue weighted by atomic mass is 9.82. The quantitative estimate of drug-likeness (QED) is 0.880. The van der Waals surface area contributed by atoms with Gasteiger partial charge in [0.05, 0.1) is 10.1 Å². The highest BCUT2D eigenvalue weighted by Crippen LogP contribution is 2.37. The number of fused-ring (bicyclic) bond motifs is 2. The summed E-state index contributed by atoms with van der Waals surface area (Å²) in [6.07, 6.45) is 4.37. The van der Waals surface area contributed by atoms with Crippen molar-refractivity contribution >= 4 is 15.9 Å². The fourth-order valence-corrected chi connectivity index (χ4v) is 3.81. The van der Waals surface area contributed by atoms with E-state index >= 15 is 0 Å². The topological polar surface area (TPSA) is 32.3 Å². The number of halogens is 2. The van der Waals surface area contributed by atoms with Crippen LogP contribution < -0.4 is 5.32 Å². The second-order valence-electron chi connectivity index (χ2n) is 5.66. The first-order chi connectivity index (χ1) is 8.56. The molecule has 2 N–H and O–H groups in total. The molecule has 3 rings (SSSR count). The van der Waals surface area contributed by atoms with Gasteiger partial charge in [0.2, 0.25) is 0 Å². The summed E-state index contributed by atoms with van der Waals surface area (Å²) < 4.78 is 14.0. The Morgan fingerprint density at radius 3 is 2.67 bits per heavy atom. The number of benzene rings is 1. The highest BCUT2D eigenvalue weighted by molar-refractivity contribution is 9.10. The molecule has 2 heterocycles. The van der Waals surface area contributed by atoms with E-state index in [0.717, 1.165) is 31.2 Å². The Balaban J connectivity index is 1.81. The molecule has 0 aliphatic carbocycles. The van der Waals surface area contributed by atoms with Crippen molar-refractivity contribution in [3.8, 4) is 0 Å². The second kappa shape index (κ2) is 4.58. The Hall–Kier alpha value is -0.450. The molecule has 2 saturated heterocycles. The van der Waals surface area contributed by atoms with Crippen molar-refractivity contribution in [3.05, 3.63) is 34.1 Å². The van der Waals surface area contributed by atoms with Gasteiger partial charge >= 0.3 is 0 Å². The zero-order chi connectivity index (χ0) is 12.8. The van der Waals surface area contributed by atoms with Crippen LogP contribution in [0.4, 0.5) is 4.39 Å². The van der Waals surface area contributed by atoms with E-state index in [9.17, 15) is 9.50 Å². The van der Waals surface area contributed by atoms with E-state index in [-0.39, 0.29) is 5.82 Å². The summed E-state index contributed by atoms with van der Waals surface area (Å²) >= 11 is 3.28. The van der Waals surface area contributed by atoms with Crippen LogP contribution in [0, 0.1) is 5.82 Å². The summed E-state index contributed by atoms with van der Waals surface area (Å²) in [5, 5.41) is 14.2. The van der Waals surface area contributed by atoms with Gasteiger partial charge in [-0.1, -0.05) is 12.1 Å². The summed E-state index contributed by atoms with van der Waals surface area (Å²) in [6, 6.07) is 5.88. The van der Waals surface area contributed by atoms with E-state index in [1.54, 1.807) is 6.07 Å². The van der Waals surface area contributed by atoms with E-state index in [1.165, 1.54) is 6.07 Å². The molecule has 4 heteroatoms. The van der Waals surface area contributed by atoms with Crippen molar-refractivity contribution in [3.63, 3.8) is 0 Å². The van der Waals surface area contributed by atoms with Gasteiger partial charge < -0.3 is 10.4 Å². The second-order valence-corrected chi connectivity index (χ2v) is 6.45. The molecular formula is C14H17BrFNO. The number of hydrogen-bond acceptors (Lipinski definition) is 2. The Morgan fingerprint density at radius 2 is 2.00 bits per heavy atom. The lowest BCUT2D eigenvalue weighted by Crippen LogP contribution is -2.49. The van der Waals surface area contributed by atoms with E-state index in [0.29, 0.717) is 23.0 Å². The first kappa shape index (κ1) is 12.6. The van der Waals surface area contributed by atoms with Crippen LogP contribution in [0.5, 0.6) is 0 Å². The highest BCUT2D eigenvalue weighted by Gasteiger charge is 2.42. The molecule has 0 aromatic heterocycles.